The maximum absolute atomic E-state index is 10.7. The predicted octanol–water partition coefficient (Wildman–Crippen LogP) is 2.32. The van der Waals surface area contributed by atoms with E-state index in [1.807, 2.05) is 0 Å². The van der Waals surface area contributed by atoms with Gasteiger partial charge in [0, 0.05) is 5.02 Å². The lowest BCUT2D eigenvalue weighted by atomic mass is 10.1. The largest absolute Gasteiger partial charge is 0.275 e. The van der Waals surface area contributed by atoms with Gasteiger partial charge in [0.05, 0.1) is 0 Å². The van der Waals surface area contributed by atoms with Crippen molar-refractivity contribution in [2.24, 2.45) is 0 Å². The Kier molecular flexibility index (Phi) is 3.26. The van der Waals surface area contributed by atoms with Crippen molar-refractivity contribution in [2.75, 3.05) is 0 Å². The first kappa shape index (κ1) is 10.0. The summed E-state index contributed by atoms with van der Waals surface area (Å²) in [6, 6.07) is 6.19. The first-order valence-electron chi connectivity index (χ1n) is 3.36. The molecule has 0 atom stereocenters. The van der Waals surface area contributed by atoms with Gasteiger partial charge in [-0.15, -0.1) is 0 Å². The summed E-state index contributed by atoms with van der Waals surface area (Å²) in [7, 11) is 0. The summed E-state index contributed by atoms with van der Waals surface area (Å²) in [5, 5.41) is -0.298. The molecular formula is C9H4Cl2O2. The lowest BCUT2D eigenvalue weighted by Gasteiger charge is -1.96. The first-order valence-corrected chi connectivity index (χ1v) is 4.11. The van der Waals surface area contributed by atoms with Gasteiger partial charge in [-0.05, 0) is 29.3 Å². The highest BCUT2D eigenvalue weighted by Gasteiger charge is 2.09. The number of carbonyl (C=O) groups excluding carboxylic acids is 2. The van der Waals surface area contributed by atoms with Crippen molar-refractivity contribution in [3.8, 4) is 0 Å². The minimum absolute atomic E-state index is 0.182. The van der Waals surface area contributed by atoms with E-state index in [1.54, 1.807) is 12.1 Å². The highest BCUT2D eigenvalue weighted by Crippen LogP contribution is 2.17. The number of halogens is 2. The van der Waals surface area contributed by atoms with E-state index < -0.39 is 5.24 Å². The van der Waals surface area contributed by atoms with Crippen molar-refractivity contribution in [1.29, 1.82) is 0 Å². The van der Waals surface area contributed by atoms with E-state index in [4.69, 9.17) is 23.2 Å². The summed E-state index contributed by atoms with van der Waals surface area (Å²) < 4.78 is 0. The average molecular weight is 215 g/mol. The Hall–Kier alpha value is -1.08. The topological polar surface area (TPSA) is 34.1 Å². The fourth-order valence-corrected chi connectivity index (χ4v) is 1.10. The predicted molar refractivity (Wildman–Crippen MR) is 51.4 cm³/mol. The quantitative estimate of drug-likeness (QED) is 0.431. The molecule has 2 nitrogen and oxygen atoms in total. The van der Waals surface area contributed by atoms with Gasteiger partial charge >= 0.3 is 0 Å². The van der Waals surface area contributed by atoms with Crippen molar-refractivity contribution in [1.82, 2.24) is 0 Å². The molecular weight excluding hydrogens is 211 g/mol. The van der Waals surface area contributed by atoms with Crippen LogP contribution in [0.2, 0.25) is 5.02 Å². The van der Waals surface area contributed by atoms with Crippen LogP contribution in [0.5, 0.6) is 0 Å². The molecule has 0 fully saturated rings. The van der Waals surface area contributed by atoms with Crippen LogP contribution in [0.1, 0.15) is 5.56 Å². The fraction of sp³-hybridized carbons (Fsp3) is 0. The van der Waals surface area contributed by atoms with Gasteiger partial charge in [-0.1, -0.05) is 23.7 Å². The van der Waals surface area contributed by atoms with E-state index >= 15 is 0 Å². The van der Waals surface area contributed by atoms with Gasteiger partial charge in [0.15, 0.2) is 0 Å². The lowest BCUT2D eigenvalue weighted by Crippen LogP contribution is -1.93. The maximum atomic E-state index is 10.7. The van der Waals surface area contributed by atoms with Gasteiger partial charge in [0.1, 0.15) is 11.5 Å². The van der Waals surface area contributed by atoms with Crippen LogP contribution in [-0.4, -0.2) is 11.2 Å². The highest BCUT2D eigenvalue weighted by molar-refractivity contribution is 6.75. The van der Waals surface area contributed by atoms with E-state index in [9.17, 15) is 9.59 Å². The molecule has 66 valence electrons. The zero-order valence-electron chi connectivity index (χ0n) is 6.38. The van der Waals surface area contributed by atoms with Gasteiger partial charge in [-0.3, -0.25) is 4.79 Å². The summed E-state index contributed by atoms with van der Waals surface area (Å²) in [5.74, 6) is 1.48. The van der Waals surface area contributed by atoms with E-state index in [-0.39, 0.29) is 5.57 Å². The average Bonchev–Trinajstić information content (AvgIpc) is 2.09. The van der Waals surface area contributed by atoms with Crippen molar-refractivity contribution >= 4 is 40.0 Å². The third-order valence-corrected chi connectivity index (χ3v) is 1.87. The smallest absolute Gasteiger partial charge is 0.264 e. The van der Waals surface area contributed by atoms with Crippen molar-refractivity contribution in [2.45, 2.75) is 0 Å². The molecule has 1 aromatic rings. The number of benzene rings is 1. The number of hydrogen-bond acceptors (Lipinski definition) is 2. The molecule has 0 amide bonds. The van der Waals surface area contributed by atoms with Gasteiger partial charge in [0.2, 0.25) is 0 Å². The van der Waals surface area contributed by atoms with E-state index in [0.29, 0.717) is 10.6 Å². The van der Waals surface area contributed by atoms with Crippen LogP contribution < -0.4 is 0 Å². The summed E-state index contributed by atoms with van der Waals surface area (Å²) in [5.41, 5.74) is 0.234. The van der Waals surface area contributed by atoms with Gasteiger partial charge in [-0.2, -0.15) is 0 Å². The second kappa shape index (κ2) is 4.24. The Morgan fingerprint density at radius 2 is 1.77 bits per heavy atom. The molecule has 0 N–H and O–H groups in total. The monoisotopic (exact) mass is 214 g/mol. The molecule has 0 saturated heterocycles. The summed E-state index contributed by atoms with van der Waals surface area (Å²) in [4.78, 5) is 21.0. The second-order valence-electron chi connectivity index (χ2n) is 2.26. The van der Waals surface area contributed by atoms with Gasteiger partial charge < -0.3 is 0 Å². The van der Waals surface area contributed by atoms with E-state index in [2.05, 4.69) is 0 Å². The van der Waals surface area contributed by atoms with Crippen molar-refractivity contribution < 1.29 is 9.59 Å². The molecule has 0 aliphatic rings. The molecule has 0 aliphatic carbocycles. The molecule has 0 bridgehead atoms. The van der Waals surface area contributed by atoms with Gasteiger partial charge in [-0.25, -0.2) is 4.79 Å². The molecule has 0 radical (unpaired) electrons. The molecule has 0 aliphatic heterocycles. The molecule has 1 aromatic carbocycles. The van der Waals surface area contributed by atoms with Crippen LogP contribution in [-0.2, 0) is 9.59 Å². The van der Waals surface area contributed by atoms with Crippen LogP contribution in [0.25, 0.3) is 5.57 Å². The summed E-state index contributed by atoms with van der Waals surface area (Å²) in [6.45, 7) is 0. The number of allylic oxidation sites excluding steroid dienone is 1. The first-order chi connectivity index (χ1) is 6.15. The minimum Gasteiger partial charge on any atom is -0.275 e. The SMILES string of the molecule is O=C=C(C(=O)Cl)c1ccc(Cl)cc1. The summed E-state index contributed by atoms with van der Waals surface area (Å²) >= 11 is 10.8. The Balaban J connectivity index is 3.15. The van der Waals surface area contributed by atoms with Crippen LogP contribution in [0.3, 0.4) is 0 Å². The van der Waals surface area contributed by atoms with Crippen LogP contribution in [0, 0.1) is 0 Å². The molecule has 0 aromatic heterocycles. The number of carbonyl (C=O) groups is 1. The Bertz CT molecular complexity index is 375. The van der Waals surface area contributed by atoms with Gasteiger partial charge in [0.25, 0.3) is 5.24 Å². The number of rotatable bonds is 2. The molecule has 0 saturated carbocycles. The Labute approximate surface area is 84.8 Å². The van der Waals surface area contributed by atoms with E-state index in [1.165, 1.54) is 18.1 Å². The zero-order chi connectivity index (χ0) is 9.84. The standard InChI is InChI=1S/C9H4Cl2O2/c10-7-3-1-6(2-4-7)8(5-12)9(11)13/h1-4H. The van der Waals surface area contributed by atoms with Crippen LogP contribution >= 0.6 is 23.2 Å². The molecule has 1 rings (SSSR count). The second-order valence-corrected chi connectivity index (χ2v) is 3.04. The molecule has 0 spiro atoms. The fourth-order valence-electron chi connectivity index (χ4n) is 0.829. The third-order valence-electron chi connectivity index (χ3n) is 1.43. The van der Waals surface area contributed by atoms with Crippen molar-refractivity contribution in [3.63, 3.8) is 0 Å². The molecule has 13 heavy (non-hydrogen) atoms. The molecule has 0 unspecified atom stereocenters. The summed E-state index contributed by atoms with van der Waals surface area (Å²) in [6.07, 6.45) is 0. The maximum Gasteiger partial charge on any atom is 0.264 e. The molecule has 0 heterocycles. The Morgan fingerprint density at radius 3 is 2.15 bits per heavy atom. The lowest BCUT2D eigenvalue weighted by molar-refractivity contribution is -0.106. The number of hydrogen-bond donors (Lipinski definition) is 0. The van der Waals surface area contributed by atoms with Crippen molar-refractivity contribution in [3.05, 3.63) is 34.9 Å². The van der Waals surface area contributed by atoms with Crippen LogP contribution in [0.15, 0.2) is 24.3 Å². The molecule has 4 heteroatoms. The zero-order valence-corrected chi connectivity index (χ0v) is 7.89. The van der Waals surface area contributed by atoms with E-state index in [0.717, 1.165) is 0 Å². The third kappa shape index (κ3) is 2.43. The highest BCUT2D eigenvalue weighted by atomic mass is 35.5. The normalized spacial score (nSPS) is 9.08. The van der Waals surface area contributed by atoms with Crippen LogP contribution in [0.4, 0.5) is 0 Å². The minimum atomic E-state index is -0.822. The Morgan fingerprint density at radius 1 is 1.23 bits per heavy atom.